The van der Waals surface area contributed by atoms with Gasteiger partial charge in [0.15, 0.2) is 0 Å². The topological polar surface area (TPSA) is 111 Å². The molecule has 0 radical (unpaired) electrons. The lowest BCUT2D eigenvalue weighted by Gasteiger charge is -2.46. The highest BCUT2D eigenvalue weighted by Gasteiger charge is 2.44. The molecule has 3 aromatic rings. The van der Waals surface area contributed by atoms with Crippen molar-refractivity contribution in [2.24, 2.45) is 22.1 Å². The molecule has 1 fully saturated rings. The van der Waals surface area contributed by atoms with Crippen LogP contribution in [0.5, 0.6) is 5.75 Å². The minimum atomic E-state index is -3.54. The number of nitrogens with zero attached hydrogens (tertiary/aromatic N) is 3. The molecule has 10 nitrogen and oxygen atoms in total. The molecular weight excluding hydrogens is 712 g/mol. The summed E-state index contributed by atoms with van der Waals surface area (Å²) < 4.78 is 42.2. The number of benzene rings is 2. The number of allylic oxidation sites excluding steroid dienone is 1. The van der Waals surface area contributed by atoms with E-state index in [1.807, 2.05) is 36.6 Å². The Labute approximate surface area is 317 Å². The molecule has 1 unspecified atom stereocenters. The van der Waals surface area contributed by atoms with Crippen LogP contribution in [0.2, 0.25) is 5.02 Å². The average molecular weight is 761 g/mol. The molecule has 1 aromatic heterocycles. The molecule has 2 aromatic carbocycles. The zero-order valence-electron chi connectivity index (χ0n) is 30.7. The van der Waals surface area contributed by atoms with Crippen molar-refractivity contribution in [2.75, 3.05) is 37.5 Å². The van der Waals surface area contributed by atoms with Crippen LogP contribution in [0.4, 0.5) is 5.69 Å². The summed E-state index contributed by atoms with van der Waals surface area (Å²) in [7, 11) is -1.77. The van der Waals surface area contributed by atoms with Crippen molar-refractivity contribution < 1.29 is 28.0 Å². The van der Waals surface area contributed by atoms with Crippen LogP contribution in [0.25, 0.3) is 0 Å². The van der Waals surface area contributed by atoms with Gasteiger partial charge in [0.1, 0.15) is 15.7 Å². The Morgan fingerprint density at radius 1 is 1.13 bits per heavy atom. The van der Waals surface area contributed by atoms with Gasteiger partial charge in [-0.1, -0.05) is 36.7 Å². The van der Waals surface area contributed by atoms with Crippen LogP contribution in [0, 0.1) is 17.8 Å². The van der Waals surface area contributed by atoms with Crippen LogP contribution in [-0.2, 0) is 44.4 Å². The third kappa shape index (κ3) is 7.30. The maximum Gasteiger partial charge on any atom is 0.286 e. The number of amides is 2. The quantitative estimate of drug-likeness (QED) is 0.283. The zero-order valence-corrected chi connectivity index (χ0v) is 32.3. The molecule has 12 heteroatoms. The third-order valence-electron chi connectivity index (χ3n) is 12.0. The molecule has 7 atom stereocenters. The summed E-state index contributed by atoms with van der Waals surface area (Å²) in [5.41, 5.74) is 4.64. The molecule has 2 aliphatic carbocycles. The molecular formula is C41H49ClN4O6S. The highest BCUT2D eigenvalue weighted by atomic mass is 35.5. The summed E-state index contributed by atoms with van der Waals surface area (Å²) in [6.07, 6.45) is 11.7. The standard InChI is InChI=1S/C41H49ClN4O6S/c1-26-6-4-8-37(50-3)34-12-9-30(34)20-46-24-41(15-5-7-28-16-32(42)11-13-35(28)41)25-52-38-14-10-29(18-36(38)46)39(47)43-53(49,23-26)44-40(48)31-17-33-22-51-27(2)19-45(33)21-31/h4,8,10-11,13-14,16-18,21,26-27,30,34,37H,5-7,9,12,15,19-20,22-25H2,1-3H3,(H,43,44,47,48,49)/b8-4-/t26-,27+,30-,34+,37-,41-,53?/m0/s1. The van der Waals surface area contributed by atoms with Crippen molar-refractivity contribution in [1.29, 1.82) is 0 Å². The number of rotatable bonds is 3. The van der Waals surface area contributed by atoms with Gasteiger partial charge in [0.05, 0.1) is 42.4 Å². The first-order chi connectivity index (χ1) is 25.5. The van der Waals surface area contributed by atoms with Crippen molar-refractivity contribution in [1.82, 2.24) is 9.29 Å². The average Bonchev–Trinajstić information content (AvgIpc) is 3.48. The second-order valence-electron chi connectivity index (χ2n) is 15.9. The van der Waals surface area contributed by atoms with E-state index in [0.29, 0.717) is 54.9 Å². The van der Waals surface area contributed by atoms with Gasteiger partial charge in [-0.05, 0) is 111 Å². The number of aromatic nitrogens is 1. The number of ether oxygens (including phenoxy) is 3. The summed E-state index contributed by atoms with van der Waals surface area (Å²) in [4.78, 5) is 30.2. The molecule has 4 heterocycles. The van der Waals surface area contributed by atoms with Gasteiger partial charge < -0.3 is 23.7 Å². The lowest BCUT2D eigenvalue weighted by Crippen LogP contribution is -2.49. The van der Waals surface area contributed by atoms with Gasteiger partial charge in [-0.25, -0.2) is 4.21 Å². The van der Waals surface area contributed by atoms with Crippen LogP contribution in [-0.4, -0.2) is 65.4 Å². The van der Waals surface area contributed by atoms with Crippen molar-refractivity contribution in [2.45, 2.75) is 83.1 Å². The van der Waals surface area contributed by atoms with Gasteiger partial charge in [0, 0.05) is 54.6 Å². The third-order valence-corrected chi connectivity index (χ3v) is 14.2. The van der Waals surface area contributed by atoms with Gasteiger partial charge in [-0.15, -0.1) is 4.36 Å². The molecule has 8 rings (SSSR count). The summed E-state index contributed by atoms with van der Waals surface area (Å²) in [6.45, 7) is 6.96. The Hall–Kier alpha value is -3.64. The number of methoxy groups -OCH3 is 1. The minimum absolute atomic E-state index is 0.0123. The highest BCUT2D eigenvalue weighted by Crippen LogP contribution is 2.47. The van der Waals surface area contributed by atoms with Crippen LogP contribution >= 0.6 is 11.6 Å². The SMILES string of the molecule is CO[C@H]1/C=C\C[C@H](C)CS(=O)(NC(=O)c2cc3n(c2)C[C@@H](C)OC3)=NC(=O)c2ccc3c(c2)N(C[C@@H]2CC[C@H]21)C[C@@]1(CCCc2cc(Cl)ccc21)CO3. The number of anilines is 1. The van der Waals surface area contributed by atoms with E-state index in [4.69, 9.17) is 25.8 Å². The highest BCUT2D eigenvalue weighted by molar-refractivity contribution is 7.92. The van der Waals surface area contributed by atoms with E-state index in [1.165, 1.54) is 11.1 Å². The molecule has 2 bridgehead atoms. The van der Waals surface area contributed by atoms with Gasteiger partial charge in [-0.2, -0.15) is 0 Å². The number of fused-ring (bicyclic) bond motifs is 5. The van der Waals surface area contributed by atoms with E-state index < -0.39 is 21.7 Å². The van der Waals surface area contributed by atoms with Gasteiger partial charge in [-0.3, -0.25) is 14.3 Å². The smallest absolute Gasteiger partial charge is 0.286 e. The first-order valence-electron chi connectivity index (χ1n) is 18.9. The molecule has 1 spiro atoms. The van der Waals surface area contributed by atoms with E-state index >= 15 is 0 Å². The second kappa shape index (κ2) is 14.5. The fraction of sp³-hybridized carbons (Fsp3) is 0.512. The summed E-state index contributed by atoms with van der Waals surface area (Å²) in [5, 5.41) is 0.741. The van der Waals surface area contributed by atoms with E-state index in [1.54, 1.807) is 25.4 Å². The predicted octanol–water partition coefficient (Wildman–Crippen LogP) is 7.12. The number of hydrogen-bond acceptors (Lipinski definition) is 7. The Balaban J connectivity index is 1.18. The van der Waals surface area contributed by atoms with Gasteiger partial charge in [0.25, 0.3) is 11.8 Å². The molecule has 53 heavy (non-hydrogen) atoms. The first-order valence-corrected chi connectivity index (χ1v) is 21.0. The van der Waals surface area contributed by atoms with Crippen molar-refractivity contribution in [3.05, 3.63) is 93.8 Å². The molecule has 282 valence electrons. The van der Waals surface area contributed by atoms with Crippen molar-refractivity contribution >= 4 is 39.0 Å². The maximum atomic E-state index is 14.7. The zero-order chi connectivity index (χ0) is 36.9. The van der Waals surface area contributed by atoms with Crippen LogP contribution < -0.4 is 14.4 Å². The van der Waals surface area contributed by atoms with Crippen molar-refractivity contribution in [3.8, 4) is 5.75 Å². The lowest BCUT2D eigenvalue weighted by molar-refractivity contribution is 0.0131. The fourth-order valence-corrected chi connectivity index (χ4v) is 11.2. The Kier molecular flexibility index (Phi) is 9.97. The number of halogens is 1. The molecule has 1 saturated carbocycles. The van der Waals surface area contributed by atoms with Crippen LogP contribution in [0.15, 0.2) is 65.2 Å². The largest absolute Gasteiger partial charge is 0.490 e. The minimum Gasteiger partial charge on any atom is -0.490 e. The first kappa shape index (κ1) is 36.3. The predicted molar refractivity (Wildman–Crippen MR) is 206 cm³/mol. The summed E-state index contributed by atoms with van der Waals surface area (Å²) in [5.74, 6) is 0.134. The molecule has 0 saturated heterocycles. The Morgan fingerprint density at radius 2 is 2.00 bits per heavy atom. The number of hydrogen-bond donors (Lipinski definition) is 1. The Morgan fingerprint density at radius 3 is 2.81 bits per heavy atom. The number of carbonyl (C=O) groups excluding carboxylic acids is 2. The number of carbonyl (C=O) groups is 2. The van der Waals surface area contributed by atoms with Gasteiger partial charge in [0.2, 0.25) is 0 Å². The number of aryl methyl sites for hydroxylation is 1. The normalized spacial score (nSPS) is 31.8. The molecule has 3 aliphatic heterocycles. The van der Waals surface area contributed by atoms with Crippen LogP contribution in [0.3, 0.4) is 0 Å². The van der Waals surface area contributed by atoms with E-state index in [2.05, 4.69) is 38.3 Å². The number of nitrogens with one attached hydrogen (secondary N) is 1. The monoisotopic (exact) mass is 760 g/mol. The summed E-state index contributed by atoms with van der Waals surface area (Å²) in [6, 6.07) is 13.4. The fourth-order valence-electron chi connectivity index (χ4n) is 9.10. The summed E-state index contributed by atoms with van der Waals surface area (Å²) >= 11 is 6.47. The van der Waals surface area contributed by atoms with E-state index in [9.17, 15) is 13.8 Å². The van der Waals surface area contributed by atoms with Crippen LogP contribution in [0.1, 0.15) is 83.5 Å². The van der Waals surface area contributed by atoms with Crippen molar-refractivity contribution in [3.63, 3.8) is 0 Å². The molecule has 2 amide bonds. The Bertz CT molecular complexity index is 2070. The van der Waals surface area contributed by atoms with Gasteiger partial charge >= 0.3 is 0 Å². The second-order valence-corrected chi connectivity index (χ2v) is 18.3. The molecule has 1 N–H and O–H groups in total. The van der Waals surface area contributed by atoms with E-state index in [0.717, 1.165) is 61.6 Å². The molecule has 5 aliphatic rings. The maximum absolute atomic E-state index is 14.7. The lowest BCUT2D eigenvalue weighted by atomic mass is 9.68. The van der Waals surface area contributed by atoms with E-state index in [-0.39, 0.29) is 29.3 Å².